The van der Waals surface area contributed by atoms with Gasteiger partial charge in [0, 0.05) is 18.0 Å². The molecule has 1 aliphatic carbocycles. The van der Waals surface area contributed by atoms with Crippen molar-refractivity contribution in [3.63, 3.8) is 0 Å². The molecule has 21 heavy (non-hydrogen) atoms. The van der Waals surface area contributed by atoms with E-state index < -0.39 is 0 Å². The molecule has 1 aliphatic rings. The average Bonchev–Trinajstić information content (AvgIpc) is 3.01. The molecule has 0 unspecified atom stereocenters. The van der Waals surface area contributed by atoms with Crippen molar-refractivity contribution in [3.8, 4) is 0 Å². The molecular weight excluding hydrogens is 284 g/mol. The largest absolute Gasteiger partial charge is 0.336 e. The fourth-order valence-electron chi connectivity index (χ4n) is 3.26. The van der Waals surface area contributed by atoms with Gasteiger partial charge in [-0.1, -0.05) is 42.6 Å². The van der Waals surface area contributed by atoms with Crippen LogP contribution in [0.5, 0.6) is 0 Å². The lowest BCUT2D eigenvalue weighted by atomic mass is 10.1. The number of benzene rings is 1. The number of nitrogens with zero attached hydrogens (tertiary/aromatic N) is 2. The van der Waals surface area contributed by atoms with Crippen molar-refractivity contribution < 1.29 is 4.79 Å². The summed E-state index contributed by atoms with van der Waals surface area (Å²) in [6, 6.07) is 9.74. The normalized spacial score (nSPS) is 15.5. The van der Waals surface area contributed by atoms with Crippen LogP contribution in [0.15, 0.2) is 30.3 Å². The van der Waals surface area contributed by atoms with Gasteiger partial charge in [-0.3, -0.25) is 4.79 Å². The summed E-state index contributed by atoms with van der Waals surface area (Å²) >= 11 is 6.09. The topological polar surface area (TPSA) is 33.2 Å². The van der Waals surface area contributed by atoms with Crippen LogP contribution in [0.25, 0.3) is 10.9 Å². The molecular formula is C17H19ClN2O. The quantitative estimate of drug-likeness (QED) is 0.792. The molecule has 4 heteroatoms. The third kappa shape index (κ3) is 2.75. The Hall–Kier alpha value is -1.61. The summed E-state index contributed by atoms with van der Waals surface area (Å²) in [7, 11) is 0. The SMILES string of the molecule is CCN(C(=O)c1cc(Cl)nc2ccccc12)C1CCCC1. The predicted molar refractivity (Wildman–Crippen MR) is 85.7 cm³/mol. The lowest BCUT2D eigenvalue weighted by molar-refractivity contribution is 0.0695. The molecule has 3 rings (SSSR count). The number of halogens is 1. The number of pyridine rings is 1. The maximum Gasteiger partial charge on any atom is 0.254 e. The minimum absolute atomic E-state index is 0.0740. The number of hydrogen-bond donors (Lipinski definition) is 0. The molecule has 0 bridgehead atoms. The van der Waals surface area contributed by atoms with Gasteiger partial charge in [-0.15, -0.1) is 0 Å². The Kier molecular flexibility index (Phi) is 4.11. The van der Waals surface area contributed by atoms with Crippen LogP contribution in [-0.4, -0.2) is 28.4 Å². The van der Waals surface area contributed by atoms with Gasteiger partial charge in [-0.25, -0.2) is 4.98 Å². The van der Waals surface area contributed by atoms with Gasteiger partial charge in [0.15, 0.2) is 0 Å². The number of rotatable bonds is 3. The van der Waals surface area contributed by atoms with Crippen LogP contribution in [0.1, 0.15) is 43.0 Å². The molecule has 1 amide bonds. The first-order chi connectivity index (χ1) is 10.2. The third-order valence-electron chi connectivity index (χ3n) is 4.28. The van der Waals surface area contributed by atoms with E-state index in [2.05, 4.69) is 4.98 Å². The zero-order chi connectivity index (χ0) is 14.8. The van der Waals surface area contributed by atoms with E-state index in [9.17, 15) is 4.79 Å². The maximum absolute atomic E-state index is 13.0. The number of aromatic nitrogens is 1. The molecule has 0 saturated heterocycles. The van der Waals surface area contributed by atoms with Gasteiger partial charge in [0.25, 0.3) is 5.91 Å². The van der Waals surface area contributed by atoms with Crippen LogP contribution < -0.4 is 0 Å². The zero-order valence-electron chi connectivity index (χ0n) is 12.2. The van der Waals surface area contributed by atoms with Crippen molar-refractivity contribution in [2.45, 2.75) is 38.6 Å². The Labute approximate surface area is 129 Å². The molecule has 0 atom stereocenters. The summed E-state index contributed by atoms with van der Waals surface area (Å²) in [6.45, 7) is 2.78. The summed E-state index contributed by atoms with van der Waals surface area (Å²) in [5.41, 5.74) is 1.44. The maximum atomic E-state index is 13.0. The number of amides is 1. The van der Waals surface area contributed by atoms with Crippen molar-refractivity contribution >= 4 is 28.4 Å². The molecule has 1 fully saturated rings. The number of hydrogen-bond acceptors (Lipinski definition) is 2. The van der Waals surface area contributed by atoms with Gasteiger partial charge in [-0.05, 0) is 31.9 Å². The number of carbonyl (C=O) groups excluding carboxylic acids is 1. The highest BCUT2D eigenvalue weighted by molar-refractivity contribution is 6.30. The summed E-state index contributed by atoms with van der Waals surface area (Å²) < 4.78 is 0. The van der Waals surface area contributed by atoms with E-state index in [0.29, 0.717) is 16.8 Å². The first-order valence-electron chi connectivity index (χ1n) is 7.57. The predicted octanol–water partition coefficient (Wildman–Crippen LogP) is 4.29. The van der Waals surface area contributed by atoms with E-state index in [4.69, 9.17) is 11.6 Å². The van der Waals surface area contributed by atoms with Crippen LogP contribution in [0.3, 0.4) is 0 Å². The first kappa shape index (κ1) is 14.3. The molecule has 0 radical (unpaired) electrons. The number of carbonyl (C=O) groups is 1. The van der Waals surface area contributed by atoms with E-state index in [1.54, 1.807) is 6.07 Å². The van der Waals surface area contributed by atoms with Crippen molar-refractivity contribution in [1.82, 2.24) is 9.88 Å². The molecule has 1 aromatic heterocycles. The highest BCUT2D eigenvalue weighted by Gasteiger charge is 2.27. The minimum atomic E-state index is 0.0740. The number of fused-ring (bicyclic) bond motifs is 1. The Balaban J connectivity index is 2.03. The van der Waals surface area contributed by atoms with Gasteiger partial charge in [0.05, 0.1) is 11.1 Å². The van der Waals surface area contributed by atoms with Crippen LogP contribution in [0, 0.1) is 0 Å². The van der Waals surface area contributed by atoms with E-state index >= 15 is 0 Å². The summed E-state index contributed by atoms with van der Waals surface area (Å²) in [5, 5.41) is 1.25. The standard InChI is InChI=1S/C17H19ClN2O/c1-2-20(12-7-3-4-8-12)17(21)14-11-16(18)19-15-10-6-5-9-13(14)15/h5-6,9-12H,2-4,7-8H2,1H3. The molecule has 1 aromatic carbocycles. The summed E-state index contributed by atoms with van der Waals surface area (Å²) in [5.74, 6) is 0.0740. The number of para-hydroxylation sites is 1. The first-order valence-corrected chi connectivity index (χ1v) is 7.94. The average molecular weight is 303 g/mol. The Morgan fingerprint density at radius 3 is 2.76 bits per heavy atom. The van der Waals surface area contributed by atoms with E-state index in [-0.39, 0.29) is 5.91 Å². The lowest BCUT2D eigenvalue weighted by Gasteiger charge is -2.28. The molecule has 1 heterocycles. The highest BCUT2D eigenvalue weighted by atomic mass is 35.5. The highest BCUT2D eigenvalue weighted by Crippen LogP contribution is 2.27. The van der Waals surface area contributed by atoms with Crippen molar-refractivity contribution in [3.05, 3.63) is 41.0 Å². The second kappa shape index (κ2) is 6.02. The Morgan fingerprint density at radius 2 is 2.05 bits per heavy atom. The van der Waals surface area contributed by atoms with Gasteiger partial charge in [0.1, 0.15) is 5.15 Å². The molecule has 1 saturated carbocycles. The second-order valence-corrected chi connectivity index (χ2v) is 5.93. The van der Waals surface area contributed by atoms with Crippen LogP contribution >= 0.6 is 11.6 Å². The molecule has 0 N–H and O–H groups in total. The molecule has 0 spiro atoms. The molecule has 110 valence electrons. The van der Waals surface area contributed by atoms with Gasteiger partial charge in [0.2, 0.25) is 0 Å². The second-order valence-electron chi connectivity index (χ2n) is 5.54. The van der Waals surface area contributed by atoms with Gasteiger partial charge >= 0.3 is 0 Å². The van der Waals surface area contributed by atoms with Crippen molar-refractivity contribution in [1.29, 1.82) is 0 Å². The fraction of sp³-hybridized carbons (Fsp3) is 0.412. The summed E-state index contributed by atoms with van der Waals surface area (Å²) in [4.78, 5) is 19.3. The van der Waals surface area contributed by atoms with Crippen LogP contribution in [0.2, 0.25) is 5.15 Å². The Bertz CT molecular complexity index is 665. The van der Waals surface area contributed by atoms with E-state index in [0.717, 1.165) is 30.3 Å². The Morgan fingerprint density at radius 1 is 1.33 bits per heavy atom. The summed E-state index contributed by atoms with van der Waals surface area (Å²) in [6.07, 6.45) is 4.64. The molecule has 3 nitrogen and oxygen atoms in total. The van der Waals surface area contributed by atoms with Gasteiger partial charge in [-0.2, -0.15) is 0 Å². The smallest absolute Gasteiger partial charge is 0.254 e. The van der Waals surface area contributed by atoms with Crippen molar-refractivity contribution in [2.24, 2.45) is 0 Å². The van der Waals surface area contributed by atoms with Gasteiger partial charge < -0.3 is 4.90 Å². The molecule has 0 aliphatic heterocycles. The molecule has 2 aromatic rings. The zero-order valence-corrected chi connectivity index (χ0v) is 12.9. The van der Waals surface area contributed by atoms with Crippen molar-refractivity contribution in [2.75, 3.05) is 6.54 Å². The van der Waals surface area contributed by atoms with E-state index in [1.165, 1.54) is 12.8 Å². The monoisotopic (exact) mass is 302 g/mol. The third-order valence-corrected chi connectivity index (χ3v) is 4.48. The minimum Gasteiger partial charge on any atom is -0.336 e. The van der Waals surface area contributed by atoms with Crippen LogP contribution in [-0.2, 0) is 0 Å². The fourth-order valence-corrected chi connectivity index (χ4v) is 3.46. The van der Waals surface area contributed by atoms with Crippen LogP contribution in [0.4, 0.5) is 0 Å². The van der Waals surface area contributed by atoms with E-state index in [1.807, 2.05) is 36.1 Å². The lowest BCUT2D eigenvalue weighted by Crippen LogP contribution is -2.38.